The molecule has 1 aromatic rings. The summed E-state index contributed by atoms with van der Waals surface area (Å²) in [7, 11) is 0. The third-order valence-corrected chi connectivity index (χ3v) is 3.54. The van der Waals surface area contributed by atoms with Gasteiger partial charge in [-0.2, -0.15) is 0 Å². The molecule has 0 fully saturated rings. The Morgan fingerprint density at radius 2 is 1.81 bits per heavy atom. The van der Waals surface area contributed by atoms with Gasteiger partial charge in [0.05, 0.1) is 6.04 Å². The summed E-state index contributed by atoms with van der Waals surface area (Å²) in [4.78, 5) is 23.0. The molecule has 26 heavy (non-hydrogen) atoms. The van der Waals surface area contributed by atoms with Gasteiger partial charge in [0, 0.05) is 6.54 Å². The zero-order chi connectivity index (χ0) is 19.7. The van der Waals surface area contributed by atoms with Crippen molar-refractivity contribution in [1.29, 1.82) is 0 Å². The van der Waals surface area contributed by atoms with Crippen LogP contribution in [-0.4, -0.2) is 46.5 Å². The summed E-state index contributed by atoms with van der Waals surface area (Å²) in [5.41, 5.74) is 0.455. The van der Waals surface area contributed by atoms with E-state index in [1.54, 1.807) is 20.8 Å². The van der Waals surface area contributed by atoms with E-state index in [-0.39, 0.29) is 11.2 Å². The second-order valence-corrected chi connectivity index (χ2v) is 7.36. The average Bonchev–Trinajstić information content (AvgIpc) is 2.51. The van der Waals surface area contributed by atoms with Crippen molar-refractivity contribution >= 4 is 29.4 Å². The molecular formula is C18H27N3O4S. The Morgan fingerprint density at radius 3 is 2.35 bits per heavy atom. The first-order valence-corrected chi connectivity index (χ1v) is 8.78. The van der Waals surface area contributed by atoms with Crippen molar-refractivity contribution < 1.29 is 19.4 Å². The van der Waals surface area contributed by atoms with Crippen LogP contribution in [-0.2, 0) is 16.0 Å². The van der Waals surface area contributed by atoms with E-state index in [2.05, 4.69) is 16.0 Å². The monoisotopic (exact) mass is 381 g/mol. The third kappa shape index (κ3) is 9.22. The van der Waals surface area contributed by atoms with Gasteiger partial charge in [-0.3, -0.25) is 4.79 Å². The predicted molar refractivity (Wildman–Crippen MR) is 104 cm³/mol. The Kier molecular flexibility index (Phi) is 8.31. The van der Waals surface area contributed by atoms with Crippen LogP contribution >= 0.6 is 12.2 Å². The highest BCUT2D eigenvalue weighted by Crippen LogP contribution is 2.08. The smallest absolute Gasteiger partial charge is 0.407 e. The highest BCUT2D eigenvalue weighted by Gasteiger charge is 2.20. The number of alkyl carbamates (subject to hydrolysis) is 1. The number of carbonyl (C=O) groups is 2. The van der Waals surface area contributed by atoms with Crippen LogP contribution < -0.4 is 16.0 Å². The van der Waals surface area contributed by atoms with E-state index in [1.807, 2.05) is 30.3 Å². The van der Waals surface area contributed by atoms with Gasteiger partial charge in [-0.25, -0.2) is 4.79 Å². The molecule has 0 aromatic heterocycles. The van der Waals surface area contributed by atoms with Crippen LogP contribution in [0.4, 0.5) is 4.79 Å². The molecule has 0 unspecified atom stereocenters. The van der Waals surface area contributed by atoms with Crippen LogP contribution in [0, 0.1) is 0 Å². The molecule has 1 rings (SSSR count). The molecule has 8 heteroatoms. The number of ether oxygens (including phenoxy) is 1. The number of amides is 1. The highest BCUT2D eigenvalue weighted by atomic mass is 32.1. The van der Waals surface area contributed by atoms with Crippen LogP contribution in [0.1, 0.15) is 33.3 Å². The van der Waals surface area contributed by atoms with E-state index in [9.17, 15) is 9.59 Å². The maximum atomic E-state index is 12.1. The van der Waals surface area contributed by atoms with Crippen LogP contribution in [0.25, 0.3) is 0 Å². The zero-order valence-corrected chi connectivity index (χ0v) is 16.4. The quantitative estimate of drug-likeness (QED) is 0.537. The standard InChI is InChI=1S/C18H27N3O4S/c1-12(15(22)23)20-16(26)19-11-14(10-13-8-6-5-7-9-13)21-17(24)25-18(2,3)4/h5-9,12,14H,10-11H2,1-4H3,(H,21,24)(H,22,23)(H2,19,20,26)/t12-,14-/m0/s1. The van der Waals surface area contributed by atoms with Crippen LogP contribution in [0.2, 0.25) is 0 Å². The van der Waals surface area contributed by atoms with Crippen molar-refractivity contribution in [1.82, 2.24) is 16.0 Å². The number of hydrogen-bond acceptors (Lipinski definition) is 4. The molecule has 0 aliphatic heterocycles. The Balaban J connectivity index is 2.66. The van der Waals surface area contributed by atoms with Gasteiger partial charge in [0.2, 0.25) is 0 Å². The largest absolute Gasteiger partial charge is 0.480 e. The number of carbonyl (C=O) groups excluding carboxylic acids is 1. The van der Waals surface area contributed by atoms with Gasteiger partial charge in [0.1, 0.15) is 11.6 Å². The van der Waals surface area contributed by atoms with Crippen LogP contribution in [0.15, 0.2) is 30.3 Å². The SMILES string of the molecule is C[C@H](NC(=S)NC[C@H](Cc1ccccc1)NC(=O)OC(C)(C)C)C(=O)O. The van der Waals surface area contributed by atoms with Gasteiger partial charge in [-0.15, -0.1) is 0 Å². The molecule has 0 aliphatic carbocycles. The summed E-state index contributed by atoms with van der Waals surface area (Å²) in [6.45, 7) is 7.21. The summed E-state index contributed by atoms with van der Waals surface area (Å²) in [6, 6.07) is 8.61. The van der Waals surface area contributed by atoms with Crippen molar-refractivity contribution in [2.24, 2.45) is 0 Å². The number of carboxylic acids is 1. The molecule has 0 heterocycles. The summed E-state index contributed by atoms with van der Waals surface area (Å²) in [5.74, 6) is -0.998. The van der Waals surface area contributed by atoms with E-state index in [0.29, 0.717) is 13.0 Å². The fraction of sp³-hybridized carbons (Fsp3) is 0.500. The van der Waals surface area contributed by atoms with E-state index in [4.69, 9.17) is 22.1 Å². The van der Waals surface area contributed by atoms with Gasteiger partial charge in [0.25, 0.3) is 0 Å². The summed E-state index contributed by atoms with van der Waals surface area (Å²) >= 11 is 5.10. The molecule has 144 valence electrons. The van der Waals surface area contributed by atoms with Gasteiger partial charge in [0.15, 0.2) is 5.11 Å². The van der Waals surface area contributed by atoms with E-state index in [1.165, 1.54) is 6.92 Å². The minimum Gasteiger partial charge on any atom is -0.480 e. The van der Waals surface area contributed by atoms with E-state index >= 15 is 0 Å². The second kappa shape index (κ2) is 9.96. The van der Waals surface area contributed by atoms with Crippen molar-refractivity contribution in [3.63, 3.8) is 0 Å². The van der Waals surface area contributed by atoms with E-state index in [0.717, 1.165) is 5.56 Å². The lowest BCUT2D eigenvalue weighted by Gasteiger charge is -2.24. The highest BCUT2D eigenvalue weighted by molar-refractivity contribution is 7.80. The third-order valence-electron chi connectivity index (χ3n) is 3.27. The first-order chi connectivity index (χ1) is 12.1. The molecule has 0 spiro atoms. The summed E-state index contributed by atoms with van der Waals surface area (Å²) < 4.78 is 5.30. The lowest BCUT2D eigenvalue weighted by Crippen LogP contribution is -2.50. The van der Waals surface area contributed by atoms with Gasteiger partial charge in [-0.1, -0.05) is 30.3 Å². The Labute approximate surface area is 159 Å². The van der Waals surface area contributed by atoms with Crippen LogP contribution in [0.5, 0.6) is 0 Å². The maximum absolute atomic E-state index is 12.1. The predicted octanol–water partition coefficient (Wildman–Crippen LogP) is 2.06. The molecule has 0 radical (unpaired) electrons. The summed E-state index contributed by atoms with van der Waals surface area (Å²) in [6.07, 6.45) is 0.0579. The number of benzene rings is 1. The Morgan fingerprint density at radius 1 is 1.19 bits per heavy atom. The molecule has 1 aromatic carbocycles. The normalized spacial score (nSPS) is 13.2. The number of hydrogen-bond donors (Lipinski definition) is 4. The first kappa shape index (κ1) is 21.7. The van der Waals surface area contributed by atoms with Crippen LogP contribution in [0.3, 0.4) is 0 Å². The minimum atomic E-state index is -0.998. The maximum Gasteiger partial charge on any atom is 0.407 e. The minimum absolute atomic E-state index is 0.212. The first-order valence-electron chi connectivity index (χ1n) is 8.37. The second-order valence-electron chi connectivity index (χ2n) is 6.95. The van der Waals surface area contributed by atoms with Crippen molar-refractivity contribution in [2.75, 3.05) is 6.54 Å². The number of thiocarbonyl (C=S) groups is 1. The zero-order valence-electron chi connectivity index (χ0n) is 15.5. The molecule has 2 atom stereocenters. The fourth-order valence-corrected chi connectivity index (χ4v) is 2.33. The molecule has 0 saturated heterocycles. The Hall–Kier alpha value is -2.35. The molecule has 7 nitrogen and oxygen atoms in total. The number of rotatable bonds is 7. The fourth-order valence-electron chi connectivity index (χ4n) is 2.07. The average molecular weight is 381 g/mol. The molecule has 1 amide bonds. The molecular weight excluding hydrogens is 354 g/mol. The van der Waals surface area contributed by atoms with Gasteiger partial charge in [-0.05, 0) is 51.9 Å². The molecule has 4 N–H and O–H groups in total. The van der Waals surface area contributed by atoms with E-state index < -0.39 is 23.7 Å². The van der Waals surface area contributed by atoms with Gasteiger partial charge < -0.3 is 25.8 Å². The van der Waals surface area contributed by atoms with Crippen molar-refractivity contribution in [2.45, 2.75) is 51.8 Å². The molecule has 0 bridgehead atoms. The lowest BCUT2D eigenvalue weighted by atomic mass is 10.1. The number of carboxylic acid groups (broad SMARTS) is 1. The van der Waals surface area contributed by atoms with Crippen molar-refractivity contribution in [3.05, 3.63) is 35.9 Å². The topological polar surface area (TPSA) is 99.7 Å². The summed E-state index contributed by atoms with van der Waals surface area (Å²) in [5, 5.41) is 17.6. The Bertz CT molecular complexity index is 617. The van der Waals surface area contributed by atoms with Gasteiger partial charge >= 0.3 is 12.1 Å². The number of nitrogens with one attached hydrogen (secondary N) is 3. The number of aliphatic carboxylic acids is 1. The lowest BCUT2D eigenvalue weighted by molar-refractivity contribution is -0.138. The van der Waals surface area contributed by atoms with Crippen molar-refractivity contribution in [3.8, 4) is 0 Å². The molecule has 0 aliphatic rings. The molecule has 0 saturated carbocycles.